The number of amides is 2. The second-order valence-corrected chi connectivity index (χ2v) is 18.6. The van der Waals surface area contributed by atoms with Crippen LogP contribution in [0.1, 0.15) is 98.1 Å². The first kappa shape index (κ1) is 37.6. The molecule has 2 bridgehead atoms. The van der Waals surface area contributed by atoms with Crippen molar-refractivity contribution in [3.63, 3.8) is 0 Å². The van der Waals surface area contributed by atoms with Crippen LogP contribution in [0.15, 0.2) is 65.3 Å². The van der Waals surface area contributed by atoms with Crippen LogP contribution in [-0.2, 0) is 26.6 Å². The van der Waals surface area contributed by atoms with Crippen LogP contribution in [0.25, 0.3) is 0 Å². The number of aryl methyl sites for hydroxylation is 1. The molecule has 9 atom stereocenters. The van der Waals surface area contributed by atoms with E-state index in [9.17, 15) is 13.8 Å². The molecule has 2 amide bonds. The summed E-state index contributed by atoms with van der Waals surface area (Å²) < 4.78 is 36.4. The third kappa shape index (κ3) is 7.16. The van der Waals surface area contributed by atoms with Crippen LogP contribution in [0.4, 0.5) is 5.69 Å². The van der Waals surface area contributed by atoms with Gasteiger partial charge in [0, 0.05) is 48.9 Å². The molecule has 1 spiro atoms. The molecule has 2 aliphatic carbocycles. The largest absolute Gasteiger partial charge is 0.490 e. The van der Waals surface area contributed by atoms with Gasteiger partial charge >= 0.3 is 0 Å². The Morgan fingerprint density at radius 2 is 1.94 bits per heavy atom. The maximum absolute atomic E-state index is 14.9. The van der Waals surface area contributed by atoms with Gasteiger partial charge < -0.3 is 14.4 Å². The highest BCUT2D eigenvalue weighted by Crippen LogP contribution is 2.51. The first-order valence-electron chi connectivity index (χ1n) is 19.0. The van der Waals surface area contributed by atoms with E-state index >= 15 is 0 Å². The number of methoxy groups -OCH3 is 1. The Labute approximate surface area is 319 Å². The van der Waals surface area contributed by atoms with Gasteiger partial charge in [0.15, 0.2) is 0 Å². The van der Waals surface area contributed by atoms with Gasteiger partial charge in [-0.1, -0.05) is 50.6 Å². The van der Waals surface area contributed by atoms with Gasteiger partial charge in [-0.05, 0) is 111 Å². The lowest BCUT2D eigenvalue weighted by Gasteiger charge is -2.48. The predicted molar refractivity (Wildman–Crippen MR) is 209 cm³/mol. The van der Waals surface area contributed by atoms with Gasteiger partial charge in [-0.2, -0.15) is 5.10 Å². The molecule has 12 heteroatoms. The van der Waals surface area contributed by atoms with Gasteiger partial charge in [-0.3, -0.25) is 19.0 Å². The SMILES string of the molecule is CCn1cc(C(=O)NS2(=O)=NC(=O)c3ccc4c(c3)N(CC3CCC3C(OC)/C=C/CC(C)C2C)CC2(CO4)CC(C)C(C)c3cc(Cl)ccc32)cn1. The number of aromatic nitrogens is 2. The number of nitrogens with one attached hydrogen (secondary N) is 1. The van der Waals surface area contributed by atoms with Crippen LogP contribution in [0.2, 0.25) is 5.02 Å². The molecule has 53 heavy (non-hydrogen) atoms. The second kappa shape index (κ2) is 14.9. The number of anilines is 1. The fourth-order valence-corrected chi connectivity index (χ4v) is 10.9. The summed E-state index contributed by atoms with van der Waals surface area (Å²) >= 11 is 6.57. The lowest BCUT2D eigenvalue weighted by atomic mass is 9.62. The summed E-state index contributed by atoms with van der Waals surface area (Å²) in [5.41, 5.74) is 3.59. The van der Waals surface area contributed by atoms with Crippen molar-refractivity contribution >= 4 is 39.0 Å². The van der Waals surface area contributed by atoms with Crippen molar-refractivity contribution in [2.45, 2.75) is 89.5 Å². The zero-order valence-corrected chi connectivity index (χ0v) is 33.2. The Kier molecular flexibility index (Phi) is 10.6. The molecule has 284 valence electrons. The number of halogens is 1. The van der Waals surface area contributed by atoms with E-state index in [1.54, 1.807) is 31.0 Å². The number of hydrogen-bond donors (Lipinski definition) is 1. The fraction of sp³-hybridized carbons (Fsp3) is 0.537. The van der Waals surface area contributed by atoms with E-state index in [1.807, 2.05) is 32.0 Å². The van der Waals surface area contributed by atoms with Crippen molar-refractivity contribution in [1.82, 2.24) is 14.5 Å². The highest BCUT2D eigenvalue weighted by atomic mass is 35.5. The van der Waals surface area contributed by atoms with Crippen molar-refractivity contribution < 1.29 is 23.3 Å². The highest BCUT2D eigenvalue weighted by molar-refractivity contribution is 7.93. The van der Waals surface area contributed by atoms with Crippen molar-refractivity contribution in [3.8, 4) is 5.75 Å². The lowest BCUT2D eigenvalue weighted by Crippen LogP contribution is -2.51. The molecule has 9 unspecified atom stereocenters. The first-order valence-corrected chi connectivity index (χ1v) is 21.0. The van der Waals surface area contributed by atoms with Crippen LogP contribution in [0, 0.1) is 23.7 Å². The standard InChI is InChI=1S/C41H52ClN5O5S/c1-7-47-22-31(20-43-47)40(49)45-53(50)28(5)25(2)9-8-10-37(51-6)33-14-11-30(33)21-46-23-41(19-26(3)27(4)34-18-32(42)13-15-35(34)41)24-52-38-16-12-29(17-36(38)46)39(48)44-53/h8,10,12-13,15-18,20,22,25-28,30,33,37H,7,9,11,14,19,21,23-24H2,1-6H3,(H,44,45,48,49,50)/b10-8+. The summed E-state index contributed by atoms with van der Waals surface area (Å²) in [6, 6.07) is 11.7. The third-order valence-corrected chi connectivity index (χ3v) is 15.2. The molecule has 2 aliphatic heterocycles. The first-order chi connectivity index (χ1) is 25.3. The third-order valence-electron chi connectivity index (χ3n) is 12.6. The average Bonchev–Trinajstić information content (AvgIpc) is 3.57. The number of carbonyl (C=O) groups excluding carboxylic acids is 2. The number of rotatable bonds is 4. The van der Waals surface area contributed by atoms with Crippen molar-refractivity contribution in [2.75, 3.05) is 31.7 Å². The Balaban J connectivity index is 1.33. The fourth-order valence-electron chi connectivity index (χ4n) is 8.87. The Morgan fingerprint density at radius 1 is 1.13 bits per heavy atom. The number of benzene rings is 2. The maximum Gasteiger partial charge on any atom is 0.286 e. The molecule has 0 saturated heterocycles. The number of fused-ring (bicyclic) bond motifs is 4. The normalized spacial score (nSPS) is 33.4. The Bertz CT molecular complexity index is 2040. The molecule has 1 fully saturated rings. The summed E-state index contributed by atoms with van der Waals surface area (Å²) in [5, 5.41) is 4.28. The molecule has 3 aromatic rings. The van der Waals surface area contributed by atoms with Crippen LogP contribution in [0.3, 0.4) is 0 Å². The molecule has 4 aliphatic rings. The van der Waals surface area contributed by atoms with Gasteiger partial charge in [0.25, 0.3) is 11.8 Å². The zero-order valence-electron chi connectivity index (χ0n) is 31.6. The molecular weight excluding hydrogens is 710 g/mol. The van der Waals surface area contributed by atoms with Gasteiger partial charge in [0.1, 0.15) is 15.7 Å². The molecule has 2 aromatic carbocycles. The number of carbonyl (C=O) groups is 2. The van der Waals surface area contributed by atoms with Gasteiger partial charge in [0.2, 0.25) is 0 Å². The molecule has 1 aromatic heterocycles. The molecule has 10 nitrogen and oxygen atoms in total. The number of hydrogen-bond acceptors (Lipinski definition) is 7. The quantitative estimate of drug-likeness (QED) is 0.270. The predicted octanol–water partition coefficient (Wildman–Crippen LogP) is 7.82. The summed E-state index contributed by atoms with van der Waals surface area (Å²) in [5.74, 6) is 0.732. The summed E-state index contributed by atoms with van der Waals surface area (Å²) in [4.78, 5) is 30.1. The van der Waals surface area contributed by atoms with Gasteiger partial charge in [0.05, 0.1) is 35.4 Å². The number of ether oxygens (including phenoxy) is 2. The monoisotopic (exact) mass is 761 g/mol. The van der Waals surface area contributed by atoms with Gasteiger partial charge in [-0.25, -0.2) is 4.21 Å². The van der Waals surface area contributed by atoms with Crippen molar-refractivity contribution in [1.29, 1.82) is 0 Å². The van der Waals surface area contributed by atoms with E-state index in [0.717, 1.165) is 36.5 Å². The van der Waals surface area contributed by atoms with Gasteiger partial charge in [-0.15, -0.1) is 4.36 Å². The molecule has 3 heterocycles. The molecule has 7 rings (SSSR count). The Hall–Kier alpha value is -3.67. The van der Waals surface area contributed by atoms with E-state index in [-0.39, 0.29) is 23.0 Å². The molecule has 1 N–H and O–H groups in total. The maximum atomic E-state index is 14.9. The van der Waals surface area contributed by atoms with Crippen LogP contribution >= 0.6 is 11.6 Å². The minimum atomic E-state index is -3.61. The molecule has 1 saturated carbocycles. The zero-order chi connectivity index (χ0) is 37.7. The topological polar surface area (TPSA) is 115 Å². The van der Waals surface area contributed by atoms with E-state index in [4.69, 9.17) is 21.1 Å². The number of nitrogens with zero attached hydrogens (tertiary/aromatic N) is 4. The van der Waals surface area contributed by atoms with E-state index in [2.05, 4.69) is 57.2 Å². The Morgan fingerprint density at radius 3 is 2.66 bits per heavy atom. The van der Waals surface area contributed by atoms with Crippen LogP contribution < -0.4 is 14.4 Å². The van der Waals surface area contributed by atoms with E-state index < -0.39 is 27.0 Å². The van der Waals surface area contributed by atoms with E-state index in [1.165, 1.54) is 17.3 Å². The highest BCUT2D eigenvalue weighted by Gasteiger charge is 2.47. The van der Waals surface area contributed by atoms with Crippen molar-refractivity contribution in [2.24, 2.45) is 28.0 Å². The minimum Gasteiger partial charge on any atom is -0.490 e. The summed E-state index contributed by atoms with van der Waals surface area (Å²) in [7, 11) is -1.84. The minimum absolute atomic E-state index is 0.0731. The van der Waals surface area contributed by atoms with Crippen LogP contribution in [0.5, 0.6) is 5.75 Å². The van der Waals surface area contributed by atoms with Crippen LogP contribution in [-0.4, -0.2) is 64.0 Å². The lowest BCUT2D eigenvalue weighted by molar-refractivity contribution is 0.0130. The summed E-state index contributed by atoms with van der Waals surface area (Å²) in [6.45, 7) is 12.8. The second-order valence-electron chi connectivity index (χ2n) is 15.9. The van der Waals surface area contributed by atoms with E-state index in [0.29, 0.717) is 61.1 Å². The molecule has 0 radical (unpaired) electrons. The number of allylic oxidation sites excluding steroid dienone is 1. The smallest absolute Gasteiger partial charge is 0.286 e. The average molecular weight is 762 g/mol. The van der Waals surface area contributed by atoms with Crippen molar-refractivity contribution in [3.05, 3.63) is 88.2 Å². The summed E-state index contributed by atoms with van der Waals surface area (Å²) in [6.07, 6.45) is 10.8. The molecular formula is C41H52ClN5O5S.